The van der Waals surface area contributed by atoms with E-state index >= 15 is 0 Å². The van der Waals surface area contributed by atoms with Gasteiger partial charge in [-0.2, -0.15) is 13.2 Å². The van der Waals surface area contributed by atoms with Crippen LogP contribution in [0.4, 0.5) is 23.9 Å². The Morgan fingerprint density at radius 3 is 2.56 bits per heavy atom. The number of hydrogen-bond acceptors (Lipinski definition) is 5. The number of amides is 1. The lowest BCUT2D eigenvalue weighted by Gasteiger charge is -2.08. The van der Waals surface area contributed by atoms with Crippen molar-refractivity contribution in [2.24, 2.45) is 5.73 Å². The van der Waals surface area contributed by atoms with E-state index < -0.39 is 18.5 Å². The monoisotopic (exact) mass is 299 g/mol. The molecule has 0 fully saturated rings. The van der Waals surface area contributed by atoms with Crippen LogP contribution >= 0.6 is 23.1 Å². The van der Waals surface area contributed by atoms with Gasteiger partial charge in [-0.25, -0.2) is 0 Å². The number of halogens is 3. The highest BCUT2D eigenvalue weighted by atomic mass is 32.2. The molecule has 1 rings (SSSR count). The third-order valence-electron chi connectivity index (χ3n) is 2.02. The predicted molar refractivity (Wildman–Crippen MR) is 68.2 cm³/mol. The van der Waals surface area contributed by atoms with Crippen LogP contribution in [0.3, 0.4) is 0 Å². The predicted octanol–water partition coefficient (Wildman–Crippen LogP) is 2.52. The molecule has 4 nitrogen and oxygen atoms in total. The van der Waals surface area contributed by atoms with Crippen molar-refractivity contribution >= 4 is 39.7 Å². The fraction of sp³-hybridized carbons (Fsp3) is 0.444. The smallest absolute Gasteiger partial charge is 0.390 e. The van der Waals surface area contributed by atoms with E-state index in [1.165, 1.54) is 11.8 Å². The average Bonchev–Trinajstić information content (AvgIpc) is 2.53. The van der Waals surface area contributed by atoms with E-state index in [1.54, 1.807) is 6.26 Å². The van der Waals surface area contributed by atoms with Gasteiger partial charge in [-0.3, -0.25) is 4.79 Å². The molecule has 1 aromatic rings. The van der Waals surface area contributed by atoms with Gasteiger partial charge in [-0.05, 0) is 6.26 Å². The molecule has 102 valence electrons. The van der Waals surface area contributed by atoms with Gasteiger partial charge in [0.25, 0.3) is 5.91 Å². The van der Waals surface area contributed by atoms with E-state index in [0.29, 0.717) is 9.90 Å². The number of carbonyl (C=O) groups is 1. The molecular formula is C9H12F3N3OS2. The molecule has 0 bridgehead atoms. The molecule has 1 heterocycles. The molecule has 0 aliphatic heterocycles. The van der Waals surface area contributed by atoms with E-state index in [1.807, 2.05) is 0 Å². The number of thioether (sulfide) groups is 1. The lowest BCUT2D eigenvalue weighted by Crippen LogP contribution is -2.14. The summed E-state index contributed by atoms with van der Waals surface area (Å²) in [7, 11) is 0. The average molecular weight is 299 g/mol. The topological polar surface area (TPSA) is 81.1 Å². The maximum atomic E-state index is 12.0. The first kappa shape index (κ1) is 15.0. The van der Waals surface area contributed by atoms with Crippen molar-refractivity contribution < 1.29 is 18.0 Å². The number of nitrogen functional groups attached to an aromatic ring is 1. The maximum absolute atomic E-state index is 12.0. The Balaban J connectivity index is 2.82. The van der Waals surface area contributed by atoms with Crippen LogP contribution in [-0.4, -0.2) is 24.9 Å². The van der Waals surface area contributed by atoms with Crippen molar-refractivity contribution in [1.82, 2.24) is 0 Å². The molecule has 1 aromatic heterocycles. The first-order chi connectivity index (χ1) is 8.26. The summed E-state index contributed by atoms with van der Waals surface area (Å²) in [5, 5.41) is 3.07. The maximum Gasteiger partial charge on any atom is 0.390 e. The summed E-state index contributed by atoms with van der Waals surface area (Å²) in [6.45, 7) is -0.269. The number of alkyl halides is 3. The Morgan fingerprint density at radius 2 is 2.11 bits per heavy atom. The molecule has 0 atom stereocenters. The Labute approximate surface area is 110 Å². The van der Waals surface area contributed by atoms with Crippen LogP contribution in [0.1, 0.15) is 16.1 Å². The van der Waals surface area contributed by atoms with Gasteiger partial charge in [-0.1, -0.05) is 0 Å². The van der Waals surface area contributed by atoms with Crippen LogP contribution in [0, 0.1) is 0 Å². The van der Waals surface area contributed by atoms with Gasteiger partial charge in [0.15, 0.2) is 0 Å². The number of carbonyl (C=O) groups excluding carboxylic acids is 1. The normalized spacial score (nSPS) is 11.6. The summed E-state index contributed by atoms with van der Waals surface area (Å²) in [6.07, 6.45) is -3.45. The molecule has 0 spiro atoms. The SMILES string of the molecule is CSc1c(NCCC(F)(F)F)sc(C(N)=O)c1N. The third-order valence-corrected chi connectivity index (χ3v) is 4.16. The van der Waals surface area contributed by atoms with Crippen LogP contribution in [-0.2, 0) is 0 Å². The molecule has 0 aromatic carbocycles. The van der Waals surface area contributed by atoms with E-state index in [2.05, 4.69) is 5.32 Å². The number of rotatable bonds is 5. The number of nitrogens with one attached hydrogen (secondary N) is 1. The molecular weight excluding hydrogens is 287 g/mol. The lowest BCUT2D eigenvalue weighted by molar-refractivity contribution is -0.131. The highest BCUT2D eigenvalue weighted by Gasteiger charge is 2.27. The van der Waals surface area contributed by atoms with Gasteiger partial charge in [-0.15, -0.1) is 23.1 Å². The highest BCUT2D eigenvalue weighted by Crippen LogP contribution is 2.41. The zero-order valence-corrected chi connectivity index (χ0v) is 11.1. The molecule has 0 unspecified atom stereocenters. The minimum Gasteiger partial charge on any atom is -0.396 e. The Bertz CT molecular complexity index is 445. The third kappa shape index (κ3) is 3.70. The van der Waals surface area contributed by atoms with Crippen molar-refractivity contribution in [3.8, 4) is 0 Å². The molecule has 0 aliphatic rings. The second-order valence-electron chi connectivity index (χ2n) is 3.36. The van der Waals surface area contributed by atoms with Gasteiger partial charge in [0.1, 0.15) is 9.88 Å². The van der Waals surface area contributed by atoms with Gasteiger partial charge < -0.3 is 16.8 Å². The Hall–Kier alpha value is -1.09. The van der Waals surface area contributed by atoms with Crippen molar-refractivity contribution in [2.75, 3.05) is 23.9 Å². The lowest BCUT2D eigenvalue weighted by atomic mass is 10.3. The molecule has 9 heteroatoms. The van der Waals surface area contributed by atoms with Crippen molar-refractivity contribution in [2.45, 2.75) is 17.5 Å². The molecule has 0 saturated heterocycles. The summed E-state index contributed by atoms with van der Waals surface area (Å²) >= 11 is 2.22. The highest BCUT2D eigenvalue weighted by molar-refractivity contribution is 7.99. The van der Waals surface area contributed by atoms with E-state index in [0.717, 1.165) is 11.3 Å². The number of hydrogen-bond donors (Lipinski definition) is 3. The fourth-order valence-corrected chi connectivity index (χ4v) is 3.16. The Morgan fingerprint density at radius 1 is 1.50 bits per heavy atom. The molecule has 5 N–H and O–H groups in total. The van der Waals surface area contributed by atoms with Crippen molar-refractivity contribution in [1.29, 1.82) is 0 Å². The molecule has 0 saturated carbocycles. The van der Waals surface area contributed by atoms with E-state index in [-0.39, 0.29) is 17.1 Å². The van der Waals surface area contributed by atoms with Gasteiger partial charge in [0.05, 0.1) is 17.0 Å². The number of thiophene rings is 1. The van der Waals surface area contributed by atoms with Gasteiger partial charge in [0, 0.05) is 6.54 Å². The second kappa shape index (κ2) is 5.70. The summed E-state index contributed by atoms with van der Waals surface area (Å²) < 4.78 is 36.0. The standard InChI is InChI=1S/C9H12F3N3OS2/c1-17-6-4(13)5(7(14)16)18-8(6)15-3-2-9(10,11)12/h15H,2-3,13H2,1H3,(H2,14,16). The second-order valence-corrected chi connectivity index (χ2v) is 5.20. The van der Waals surface area contributed by atoms with Crippen molar-refractivity contribution in [3.63, 3.8) is 0 Å². The van der Waals surface area contributed by atoms with Crippen LogP contribution < -0.4 is 16.8 Å². The molecule has 18 heavy (non-hydrogen) atoms. The fourth-order valence-electron chi connectivity index (χ4n) is 1.25. The van der Waals surface area contributed by atoms with E-state index in [9.17, 15) is 18.0 Å². The minimum absolute atomic E-state index is 0.161. The molecule has 0 aliphatic carbocycles. The van der Waals surface area contributed by atoms with Crippen LogP contribution in [0.15, 0.2) is 4.90 Å². The molecule has 0 radical (unpaired) electrons. The summed E-state index contributed by atoms with van der Waals surface area (Å²) in [5.74, 6) is -0.684. The minimum atomic E-state index is -4.22. The first-order valence-corrected chi connectivity index (χ1v) is 6.87. The quantitative estimate of drug-likeness (QED) is 0.730. The van der Waals surface area contributed by atoms with Crippen LogP contribution in [0.25, 0.3) is 0 Å². The summed E-state index contributed by atoms with van der Waals surface area (Å²) in [5.41, 5.74) is 11.0. The zero-order chi connectivity index (χ0) is 13.9. The Kier molecular flexibility index (Phi) is 4.74. The van der Waals surface area contributed by atoms with E-state index in [4.69, 9.17) is 11.5 Å². The van der Waals surface area contributed by atoms with Crippen LogP contribution in [0.5, 0.6) is 0 Å². The zero-order valence-electron chi connectivity index (χ0n) is 9.43. The summed E-state index contributed by atoms with van der Waals surface area (Å²) in [6, 6.07) is 0. The van der Waals surface area contributed by atoms with Crippen molar-refractivity contribution in [3.05, 3.63) is 4.88 Å². The number of primary amides is 1. The summed E-state index contributed by atoms with van der Waals surface area (Å²) in [4.78, 5) is 11.8. The number of anilines is 2. The van der Waals surface area contributed by atoms with Gasteiger partial charge in [0.2, 0.25) is 0 Å². The van der Waals surface area contributed by atoms with Crippen LogP contribution in [0.2, 0.25) is 0 Å². The first-order valence-electron chi connectivity index (χ1n) is 4.83. The van der Waals surface area contributed by atoms with Gasteiger partial charge >= 0.3 is 6.18 Å². The molecule has 1 amide bonds. The number of nitrogens with two attached hydrogens (primary N) is 2. The largest absolute Gasteiger partial charge is 0.396 e.